The zero-order valence-corrected chi connectivity index (χ0v) is 21.9. The van der Waals surface area contributed by atoms with Gasteiger partial charge in [0, 0.05) is 35.3 Å². The second-order valence-corrected chi connectivity index (χ2v) is 10.6. The number of carbonyl (C=O) groups excluding carboxylic acids is 2. The quantitative estimate of drug-likeness (QED) is 0.521. The van der Waals surface area contributed by atoms with Crippen molar-refractivity contribution >= 4 is 50.7 Å². The number of rotatable bonds is 9. The number of hydrogen-bond donors (Lipinski definition) is 1. The van der Waals surface area contributed by atoms with Crippen molar-refractivity contribution in [2.24, 2.45) is 0 Å². The normalized spacial score (nSPS) is 13.6. The summed E-state index contributed by atoms with van der Waals surface area (Å²) in [6.45, 7) is 1.84. The Balaban J connectivity index is 1.99. The van der Waals surface area contributed by atoms with Crippen molar-refractivity contribution in [1.29, 1.82) is 0 Å². The highest BCUT2D eigenvalue weighted by molar-refractivity contribution is 7.92. The Morgan fingerprint density at radius 2 is 1.71 bits per heavy atom. The van der Waals surface area contributed by atoms with Gasteiger partial charge in [0.05, 0.1) is 11.9 Å². The Hall–Kier alpha value is -2.69. The summed E-state index contributed by atoms with van der Waals surface area (Å²) < 4.78 is 37.5. The molecule has 2 amide bonds. The molecular weight excluding hydrogens is 517 g/mol. The molecule has 1 atom stereocenters. The molecule has 1 heterocycles. The van der Waals surface area contributed by atoms with Crippen LogP contribution in [0.15, 0.2) is 36.4 Å². The van der Waals surface area contributed by atoms with Crippen LogP contribution in [0, 0.1) is 0 Å². The van der Waals surface area contributed by atoms with Gasteiger partial charge in [-0.15, -0.1) is 0 Å². The summed E-state index contributed by atoms with van der Waals surface area (Å²) in [7, 11) is -2.42. The average Bonchev–Trinajstić information content (AvgIpc) is 2.82. The molecule has 3 rings (SSSR count). The Morgan fingerprint density at radius 3 is 2.29 bits per heavy atom. The van der Waals surface area contributed by atoms with Crippen molar-refractivity contribution in [3.63, 3.8) is 0 Å². The van der Waals surface area contributed by atoms with Gasteiger partial charge in [-0.2, -0.15) is 0 Å². The van der Waals surface area contributed by atoms with Gasteiger partial charge in [0.25, 0.3) is 0 Å². The molecule has 9 nitrogen and oxygen atoms in total. The second-order valence-electron chi connectivity index (χ2n) is 7.86. The fraction of sp³-hybridized carbons (Fsp3) is 0.391. The van der Waals surface area contributed by atoms with Crippen molar-refractivity contribution in [1.82, 2.24) is 10.2 Å². The van der Waals surface area contributed by atoms with E-state index in [0.717, 1.165) is 10.6 Å². The van der Waals surface area contributed by atoms with Crippen molar-refractivity contribution in [3.05, 3.63) is 52.0 Å². The fourth-order valence-electron chi connectivity index (χ4n) is 3.74. The highest BCUT2D eigenvalue weighted by Gasteiger charge is 2.32. The number of amides is 2. The number of benzene rings is 2. The van der Waals surface area contributed by atoms with Crippen LogP contribution in [0.1, 0.15) is 18.9 Å². The Morgan fingerprint density at radius 1 is 1.09 bits per heavy atom. The van der Waals surface area contributed by atoms with Gasteiger partial charge in [-0.3, -0.25) is 13.9 Å². The van der Waals surface area contributed by atoms with Crippen molar-refractivity contribution in [2.45, 2.75) is 25.9 Å². The molecule has 0 saturated carbocycles. The summed E-state index contributed by atoms with van der Waals surface area (Å²) in [6.07, 6.45) is 1.29. The smallest absolute Gasteiger partial charge is 0.244 e. The molecule has 0 radical (unpaired) electrons. The first-order valence-corrected chi connectivity index (χ1v) is 13.5. The number of carbonyl (C=O) groups is 2. The van der Waals surface area contributed by atoms with Gasteiger partial charge in [-0.1, -0.05) is 36.2 Å². The largest absolute Gasteiger partial charge is 0.486 e. The third-order valence-corrected chi connectivity index (χ3v) is 7.36. The molecule has 190 valence electrons. The van der Waals surface area contributed by atoms with E-state index in [2.05, 4.69) is 5.32 Å². The van der Waals surface area contributed by atoms with Crippen LogP contribution in [0.5, 0.6) is 11.5 Å². The van der Waals surface area contributed by atoms with Crippen molar-refractivity contribution < 1.29 is 27.5 Å². The van der Waals surface area contributed by atoms with Gasteiger partial charge in [-0.05, 0) is 30.7 Å². The van der Waals surface area contributed by atoms with Gasteiger partial charge in [0.15, 0.2) is 11.5 Å². The Kier molecular flexibility index (Phi) is 8.74. The summed E-state index contributed by atoms with van der Waals surface area (Å²) >= 11 is 12.7. The van der Waals surface area contributed by atoms with E-state index in [1.165, 1.54) is 24.1 Å². The van der Waals surface area contributed by atoms with Crippen LogP contribution in [0.2, 0.25) is 10.0 Å². The van der Waals surface area contributed by atoms with E-state index < -0.39 is 34.4 Å². The second kappa shape index (κ2) is 11.4. The first-order valence-electron chi connectivity index (χ1n) is 10.9. The highest BCUT2D eigenvalue weighted by Crippen LogP contribution is 2.35. The maximum absolute atomic E-state index is 13.6. The van der Waals surface area contributed by atoms with Crippen molar-refractivity contribution in [2.75, 3.05) is 37.4 Å². The summed E-state index contributed by atoms with van der Waals surface area (Å²) in [5, 5.41) is 3.21. The van der Waals surface area contributed by atoms with Crippen LogP contribution in [-0.4, -0.2) is 64.2 Å². The number of sulfonamides is 1. The summed E-state index contributed by atoms with van der Waals surface area (Å²) in [6, 6.07) is 8.69. The molecule has 12 heteroatoms. The number of nitrogens with one attached hydrogen (secondary N) is 1. The minimum Gasteiger partial charge on any atom is -0.486 e. The number of ether oxygens (including phenoxy) is 2. The fourth-order valence-corrected chi connectivity index (χ4v) is 5.10. The van der Waals surface area contributed by atoms with Crippen LogP contribution in [0.4, 0.5) is 5.69 Å². The van der Waals surface area contributed by atoms with Gasteiger partial charge < -0.3 is 19.7 Å². The Labute approximate surface area is 214 Å². The third-order valence-electron chi connectivity index (χ3n) is 5.52. The van der Waals surface area contributed by atoms with E-state index in [4.69, 9.17) is 32.7 Å². The maximum Gasteiger partial charge on any atom is 0.244 e. The lowest BCUT2D eigenvalue weighted by atomic mass is 10.1. The number of likely N-dealkylation sites (N-methyl/N-ethyl adjacent to an activating group) is 1. The zero-order valence-electron chi connectivity index (χ0n) is 19.6. The molecule has 1 aliphatic heterocycles. The molecular formula is C23H27Cl2N3O6S. The van der Waals surface area contributed by atoms with Crippen LogP contribution in [-0.2, 0) is 26.2 Å². The van der Waals surface area contributed by atoms with Gasteiger partial charge in [-0.25, -0.2) is 8.42 Å². The molecule has 2 aromatic carbocycles. The molecule has 2 aromatic rings. The number of nitrogens with zero attached hydrogens (tertiary/aromatic N) is 2. The van der Waals surface area contributed by atoms with E-state index in [-0.39, 0.29) is 18.7 Å². The lowest BCUT2D eigenvalue weighted by molar-refractivity contribution is -0.140. The summed E-state index contributed by atoms with van der Waals surface area (Å²) in [4.78, 5) is 27.5. The molecule has 1 N–H and O–H groups in total. The predicted octanol–water partition coefficient (Wildman–Crippen LogP) is 3.08. The molecule has 0 aliphatic carbocycles. The number of hydrogen-bond acceptors (Lipinski definition) is 6. The monoisotopic (exact) mass is 543 g/mol. The van der Waals surface area contributed by atoms with Gasteiger partial charge in [0.2, 0.25) is 21.8 Å². The van der Waals surface area contributed by atoms with Gasteiger partial charge in [0.1, 0.15) is 25.8 Å². The van der Waals surface area contributed by atoms with E-state index >= 15 is 0 Å². The molecule has 0 unspecified atom stereocenters. The number of fused-ring (bicyclic) bond motifs is 1. The molecule has 0 aromatic heterocycles. The summed E-state index contributed by atoms with van der Waals surface area (Å²) in [5.74, 6) is -0.127. The minimum atomic E-state index is -3.88. The molecule has 35 heavy (non-hydrogen) atoms. The standard InChI is InChI=1S/C23H27Cl2N3O6S/c1-4-19(23(30)26-2)27(13-16-17(24)6-5-7-18(16)25)22(29)14-28(35(3,31)32)15-8-9-20-21(12-15)34-11-10-33-20/h5-9,12,19H,4,10-11,13-14H2,1-3H3,(H,26,30)/t19-/m1/s1. The van der Waals surface area contributed by atoms with E-state index in [9.17, 15) is 18.0 Å². The van der Waals surface area contributed by atoms with Crippen LogP contribution >= 0.6 is 23.2 Å². The zero-order chi connectivity index (χ0) is 25.8. The maximum atomic E-state index is 13.6. The third kappa shape index (κ3) is 6.31. The minimum absolute atomic E-state index is 0.0813. The average molecular weight is 544 g/mol. The number of anilines is 1. The lowest BCUT2D eigenvalue weighted by Crippen LogP contribution is -2.51. The van der Waals surface area contributed by atoms with Crippen molar-refractivity contribution in [3.8, 4) is 11.5 Å². The Bertz CT molecular complexity index is 1190. The molecule has 0 bridgehead atoms. The van der Waals surface area contributed by atoms with Crippen LogP contribution < -0.4 is 19.1 Å². The first kappa shape index (κ1) is 26.9. The summed E-state index contributed by atoms with van der Waals surface area (Å²) in [5.41, 5.74) is 0.686. The van der Waals surface area contributed by atoms with E-state index in [0.29, 0.717) is 40.3 Å². The molecule has 1 aliphatic rings. The first-order chi connectivity index (χ1) is 16.6. The lowest BCUT2D eigenvalue weighted by Gasteiger charge is -2.33. The molecule has 0 fully saturated rings. The van der Waals surface area contributed by atoms with Crippen LogP contribution in [0.3, 0.4) is 0 Å². The topological polar surface area (TPSA) is 105 Å². The number of halogens is 2. The highest BCUT2D eigenvalue weighted by atomic mass is 35.5. The predicted molar refractivity (Wildman–Crippen MR) is 135 cm³/mol. The van der Waals surface area contributed by atoms with Gasteiger partial charge >= 0.3 is 0 Å². The van der Waals surface area contributed by atoms with E-state index in [1.54, 1.807) is 31.2 Å². The van der Waals surface area contributed by atoms with E-state index in [1.807, 2.05) is 0 Å². The van der Waals surface area contributed by atoms with Crippen LogP contribution in [0.25, 0.3) is 0 Å². The SMILES string of the molecule is CC[C@H](C(=O)NC)N(Cc1c(Cl)cccc1Cl)C(=O)CN(c1ccc2c(c1)OCCO2)S(C)(=O)=O. The molecule has 0 saturated heterocycles. The molecule has 0 spiro atoms.